The number of benzene rings is 1. The fourth-order valence-corrected chi connectivity index (χ4v) is 9.33. The van der Waals surface area contributed by atoms with Crippen LogP contribution in [-0.4, -0.2) is 100 Å². The number of furan rings is 1. The van der Waals surface area contributed by atoms with E-state index in [1.807, 2.05) is 6.07 Å². The Balaban J connectivity index is 1.54. The van der Waals surface area contributed by atoms with E-state index in [0.717, 1.165) is 37.6 Å². The summed E-state index contributed by atoms with van der Waals surface area (Å²) in [7, 11) is 3.17. The summed E-state index contributed by atoms with van der Waals surface area (Å²) in [5.74, 6) is 0.225. The van der Waals surface area contributed by atoms with Crippen molar-refractivity contribution in [2.24, 2.45) is 0 Å². The topological polar surface area (TPSA) is 160 Å². The molecule has 2 fully saturated rings. The third kappa shape index (κ3) is 6.47. The van der Waals surface area contributed by atoms with Crippen LogP contribution in [0.4, 0.5) is 0 Å². The Labute approximate surface area is 246 Å². The molecular formula is C28H39NO10S2. The summed E-state index contributed by atoms with van der Waals surface area (Å²) in [5, 5.41) is 47.6. The van der Waals surface area contributed by atoms with Gasteiger partial charge in [0.15, 0.2) is 11.3 Å². The van der Waals surface area contributed by atoms with E-state index in [1.54, 1.807) is 23.8 Å². The quantitative estimate of drug-likeness (QED) is 0.247. The van der Waals surface area contributed by atoms with Crippen LogP contribution in [0, 0.1) is 0 Å². The summed E-state index contributed by atoms with van der Waals surface area (Å²) >= 11 is 0. The van der Waals surface area contributed by atoms with Crippen molar-refractivity contribution in [3.8, 4) is 11.5 Å². The fourth-order valence-electron chi connectivity index (χ4n) is 5.68. The fraction of sp³-hybridized carbons (Fsp3) is 0.679. The van der Waals surface area contributed by atoms with E-state index in [9.17, 15) is 25.2 Å². The molecule has 5 N–H and O–H groups in total. The Morgan fingerprint density at radius 1 is 1.20 bits per heavy atom. The number of carbonyl (C=O) groups is 1. The molecule has 3 heterocycles. The number of rotatable bonds is 5. The standard InChI is InChI=1S/C28H39NO10S2/c1-2-35-19(31)6-5-17-13-18-7-11-36-22(18)24-23(17)38-26-21(33)20(32)25(34)28(15-30,39-26)16-40-41-27(8-3-4-9-27)14-29-10-12-37-24/h7,11,13,20-21,25-26,29-30,32-34H,2-6,8-10,12,14-16H2,1H3. The summed E-state index contributed by atoms with van der Waals surface area (Å²) in [6.07, 6.45) is -0.188. The van der Waals surface area contributed by atoms with E-state index < -0.39 is 36.8 Å². The molecule has 1 aliphatic carbocycles. The van der Waals surface area contributed by atoms with Crippen molar-refractivity contribution in [2.75, 3.05) is 38.7 Å². The van der Waals surface area contributed by atoms with Gasteiger partial charge in [-0.25, -0.2) is 0 Å². The first-order chi connectivity index (χ1) is 19.8. The van der Waals surface area contributed by atoms with Crippen molar-refractivity contribution < 1.29 is 48.6 Å². The van der Waals surface area contributed by atoms with Gasteiger partial charge in [0.2, 0.25) is 12.0 Å². The van der Waals surface area contributed by atoms with E-state index in [2.05, 4.69) is 5.32 Å². The maximum Gasteiger partial charge on any atom is 0.306 e. The van der Waals surface area contributed by atoms with Crippen LogP contribution in [0.1, 0.15) is 44.6 Å². The molecule has 0 amide bonds. The van der Waals surface area contributed by atoms with E-state index >= 15 is 0 Å². The number of fused-ring (bicyclic) bond motifs is 5. The number of ether oxygens (including phenoxy) is 4. The molecule has 2 aromatic rings. The highest BCUT2D eigenvalue weighted by molar-refractivity contribution is 8.77. The Hall–Kier alpha value is -1.71. The molecule has 5 rings (SSSR count). The molecule has 11 nitrogen and oxygen atoms in total. The monoisotopic (exact) mass is 613 g/mol. The largest absolute Gasteiger partial charge is 0.485 e. The lowest BCUT2D eigenvalue weighted by Gasteiger charge is -2.47. The second-order valence-corrected chi connectivity index (χ2v) is 13.6. The zero-order valence-corrected chi connectivity index (χ0v) is 24.7. The Morgan fingerprint density at radius 2 is 2.00 bits per heavy atom. The van der Waals surface area contributed by atoms with Crippen LogP contribution in [0.2, 0.25) is 0 Å². The SMILES string of the molecule is CCOC(=O)CCc1cc2ccoc2c2c1OC1OC(CO)(CSSC3(CCCC3)CNCCO2)C(O)C(O)C1O. The molecule has 1 aromatic carbocycles. The predicted octanol–water partition coefficient (Wildman–Crippen LogP) is 2.15. The van der Waals surface area contributed by atoms with Crippen molar-refractivity contribution in [3.05, 3.63) is 24.0 Å². The zero-order chi connectivity index (χ0) is 29.0. The molecule has 1 spiro atoms. The van der Waals surface area contributed by atoms with E-state index in [4.69, 9.17) is 23.4 Å². The Morgan fingerprint density at radius 3 is 2.76 bits per heavy atom. The molecule has 41 heavy (non-hydrogen) atoms. The first kappa shape index (κ1) is 30.7. The molecule has 3 aliphatic rings. The maximum atomic E-state index is 12.2. The van der Waals surface area contributed by atoms with Crippen LogP contribution in [0.5, 0.6) is 11.5 Å². The lowest BCUT2D eigenvalue weighted by molar-refractivity contribution is -0.312. The number of carbonyl (C=O) groups excluding carboxylic acids is 1. The molecule has 5 unspecified atom stereocenters. The van der Waals surface area contributed by atoms with Crippen molar-refractivity contribution in [1.82, 2.24) is 5.32 Å². The molecule has 5 atom stereocenters. The van der Waals surface area contributed by atoms with Gasteiger partial charge in [0.25, 0.3) is 0 Å². The number of aryl methyl sites for hydroxylation is 1. The molecule has 1 saturated carbocycles. The van der Waals surface area contributed by atoms with Gasteiger partial charge in [-0.1, -0.05) is 34.4 Å². The third-order valence-electron chi connectivity index (χ3n) is 8.00. The van der Waals surface area contributed by atoms with Crippen LogP contribution >= 0.6 is 21.6 Å². The minimum atomic E-state index is -1.65. The predicted molar refractivity (Wildman–Crippen MR) is 154 cm³/mol. The van der Waals surface area contributed by atoms with E-state index in [-0.39, 0.29) is 54.0 Å². The summed E-state index contributed by atoms with van der Waals surface area (Å²) in [5.41, 5.74) is -0.600. The van der Waals surface area contributed by atoms with Crippen LogP contribution in [0.15, 0.2) is 22.8 Å². The summed E-state index contributed by atoms with van der Waals surface area (Å²) in [4.78, 5) is 12.2. The highest BCUT2D eigenvalue weighted by Gasteiger charge is 2.55. The van der Waals surface area contributed by atoms with Crippen LogP contribution in [0.25, 0.3) is 11.0 Å². The molecule has 2 aliphatic heterocycles. The number of aliphatic hydroxyl groups is 4. The second-order valence-electron chi connectivity index (χ2n) is 10.9. The van der Waals surface area contributed by atoms with Gasteiger partial charge in [0, 0.05) is 35.4 Å². The average molecular weight is 614 g/mol. The van der Waals surface area contributed by atoms with E-state index in [0.29, 0.717) is 17.7 Å². The van der Waals surface area contributed by atoms with Crippen LogP contribution in [-0.2, 0) is 20.7 Å². The van der Waals surface area contributed by atoms with Crippen LogP contribution in [0.3, 0.4) is 0 Å². The molecule has 2 bridgehead atoms. The Bertz CT molecular complexity index is 1190. The highest BCUT2D eigenvalue weighted by atomic mass is 33.1. The highest BCUT2D eigenvalue weighted by Crippen LogP contribution is 2.49. The van der Waals surface area contributed by atoms with Crippen molar-refractivity contribution >= 4 is 38.5 Å². The first-order valence-corrected chi connectivity index (χ1v) is 16.5. The third-order valence-corrected chi connectivity index (χ3v) is 11.4. The smallest absolute Gasteiger partial charge is 0.306 e. The van der Waals surface area contributed by atoms with Crippen molar-refractivity contribution in [2.45, 2.75) is 80.4 Å². The number of hydrogen-bond donors (Lipinski definition) is 5. The molecule has 1 aromatic heterocycles. The maximum absolute atomic E-state index is 12.2. The van der Waals surface area contributed by atoms with Gasteiger partial charge in [-0.15, -0.1) is 0 Å². The molecule has 1 saturated heterocycles. The van der Waals surface area contributed by atoms with E-state index in [1.165, 1.54) is 17.1 Å². The van der Waals surface area contributed by atoms with Gasteiger partial charge in [0.1, 0.15) is 30.5 Å². The number of aliphatic hydroxyl groups excluding tert-OH is 4. The summed E-state index contributed by atoms with van der Waals surface area (Å²) in [6.45, 7) is 2.99. The molecule has 0 radical (unpaired) electrons. The molecule has 13 heteroatoms. The van der Waals surface area contributed by atoms with Gasteiger partial charge < -0.3 is 49.1 Å². The van der Waals surface area contributed by atoms with Gasteiger partial charge >= 0.3 is 5.97 Å². The first-order valence-electron chi connectivity index (χ1n) is 14.1. The number of nitrogens with one attached hydrogen (secondary N) is 1. The second kappa shape index (κ2) is 13.3. The zero-order valence-electron chi connectivity index (χ0n) is 23.1. The van der Waals surface area contributed by atoms with Crippen molar-refractivity contribution in [3.63, 3.8) is 0 Å². The average Bonchev–Trinajstić information content (AvgIpc) is 3.63. The normalized spacial score (nSPS) is 30.6. The van der Waals surface area contributed by atoms with Gasteiger partial charge in [-0.2, -0.15) is 0 Å². The van der Waals surface area contributed by atoms with Gasteiger partial charge in [-0.3, -0.25) is 4.79 Å². The molecular weight excluding hydrogens is 574 g/mol. The van der Waals surface area contributed by atoms with Gasteiger partial charge in [0.05, 0.1) is 19.5 Å². The number of hydrogen-bond acceptors (Lipinski definition) is 13. The lowest BCUT2D eigenvalue weighted by Crippen LogP contribution is -2.68. The minimum absolute atomic E-state index is 0.0262. The summed E-state index contributed by atoms with van der Waals surface area (Å²) in [6, 6.07) is 3.59. The Kier molecular flexibility index (Phi) is 9.97. The van der Waals surface area contributed by atoms with Crippen LogP contribution < -0.4 is 14.8 Å². The van der Waals surface area contributed by atoms with Crippen molar-refractivity contribution in [1.29, 1.82) is 0 Å². The molecule has 228 valence electrons. The number of esters is 1. The van der Waals surface area contributed by atoms with Gasteiger partial charge in [-0.05, 0) is 43.9 Å². The lowest BCUT2D eigenvalue weighted by atomic mass is 9.88. The summed E-state index contributed by atoms with van der Waals surface area (Å²) < 4.78 is 29.5. The minimum Gasteiger partial charge on any atom is -0.485 e.